The van der Waals surface area contributed by atoms with Crippen LogP contribution in [0.5, 0.6) is 0 Å². The molecule has 0 radical (unpaired) electrons. The number of hydrogen-bond donors (Lipinski definition) is 0. The molecule has 2 aliphatic rings. The molecule has 278 valence electrons. The summed E-state index contributed by atoms with van der Waals surface area (Å²) >= 11 is 0. The minimum absolute atomic E-state index is 0.580. The number of para-hydroxylation sites is 1. The lowest BCUT2D eigenvalue weighted by Crippen LogP contribution is -2.28. The van der Waals surface area contributed by atoms with E-state index in [-0.39, 0.29) is 0 Å². The third kappa shape index (κ3) is 5.11. The van der Waals surface area contributed by atoms with Gasteiger partial charge >= 0.3 is 0 Å². The molecule has 3 heteroatoms. The number of benzene rings is 8. The molecule has 0 saturated carbocycles. The fraction of sp³-hybridized carbons (Fsp3) is 0.0536. The molecular formula is C56H38N2O. The molecule has 0 aliphatic heterocycles. The quantitative estimate of drug-likeness (QED) is 0.169. The molecule has 12 rings (SSSR count). The van der Waals surface area contributed by atoms with Crippen molar-refractivity contribution < 1.29 is 4.42 Å². The first-order valence-corrected chi connectivity index (χ1v) is 20.5. The van der Waals surface area contributed by atoms with Gasteiger partial charge < -0.3 is 8.98 Å². The van der Waals surface area contributed by atoms with Gasteiger partial charge in [0.1, 0.15) is 5.52 Å². The lowest BCUT2D eigenvalue weighted by atomic mass is 9.67. The second kappa shape index (κ2) is 13.3. The molecule has 2 aromatic heterocycles. The molecule has 0 bridgehead atoms. The summed E-state index contributed by atoms with van der Waals surface area (Å²) in [4.78, 5) is 4.96. The second-order valence-corrected chi connectivity index (χ2v) is 15.7. The number of oxazole rings is 1. The van der Waals surface area contributed by atoms with Crippen LogP contribution in [0.3, 0.4) is 0 Å². The van der Waals surface area contributed by atoms with Crippen molar-refractivity contribution in [3.8, 4) is 39.1 Å². The standard InChI is InChI=1S/C56H38N2O/c1-4-15-37(16-5-1)38-27-31-43(32-28-38)58-51-26-13-11-21-45(51)47-35-40(29-34-52(47)58)44-23-14-25-49-54(44)46-22-10-12-24-48(46)56(49,41-19-8-3-9-20-41)42-30-33-50-53(36-42)59-55(57-50)39-17-6-2-7-18-39/h1-6,8-17,19-36H,7,18H2. The van der Waals surface area contributed by atoms with Crippen molar-refractivity contribution in [3.63, 3.8) is 0 Å². The van der Waals surface area contributed by atoms with Gasteiger partial charge in [0, 0.05) is 22.0 Å². The number of fused-ring (bicyclic) bond motifs is 7. The van der Waals surface area contributed by atoms with Gasteiger partial charge in [-0.25, -0.2) is 4.98 Å². The summed E-state index contributed by atoms with van der Waals surface area (Å²) in [5.41, 5.74) is 18.1. The molecule has 2 heterocycles. The molecule has 1 unspecified atom stereocenters. The smallest absolute Gasteiger partial charge is 0.223 e. The van der Waals surface area contributed by atoms with Crippen LogP contribution in [0.4, 0.5) is 0 Å². The van der Waals surface area contributed by atoms with Crippen LogP contribution in [-0.2, 0) is 5.41 Å². The molecule has 0 N–H and O–H groups in total. The van der Waals surface area contributed by atoms with Crippen molar-refractivity contribution in [1.29, 1.82) is 0 Å². The molecule has 0 saturated heterocycles. The Balaban J connectivity index is 1.05. The van der Waals surface area contributed by atoms with E-state index in [4.69, 9.17) is 9.40 Å². The Bertz CT molecular complexity index is 3310. The largest absolute Gasteiger partial charge is 0.436 e. The second-order valence-electron chi connectivity index (χ2n) is 15.7. The molecule has 0 spiro atoms. The molecule has 0 amide bonds. The van der Waals surface area contributed by atoms with E-state index in [0.717, 1.165) is 40.8 Å². The molecule has 0 fully saturated rings. The van der Waals surface area contributed by atoms with E-state index in [2.05, 4.69) is 211 Å². The van der Waals surface area contributed by atoms with Gasteiger partial charge in [-0.05, 0) is 111 Å². The molecule has 2 aliphatic carbocycles. The average Bonchev–Trinajstić information content (AvgIpc) is 3.99. The summed E-state index contributed by atoms with van der Waals surface area (Å²) in [6, 6.07) is 68.9. The van der Waals surface area contributed by atoms with Crippen LogP contribution in [0.2, 0.25) is 0 Å². The van der Waals surface area contributed by atoms with Gasteiger partial charge in [0.2, 0.25) is 5.89 Å². The fourth-order valence-electron chi connectivity index (χ4n) is 9.97. The zero-order valence-electron chi connectivity index (χ0n) is 32.3. The monoisotopic (exact) mass is 754 g/mol. The van der Waals surface area contributed by atoms with E-state index in [0.29, 0.717) is 5.89 Å². The molecule has 3 nitrogen and oxygen atoms in total. The maximum absolute atomic E-state index is 6.58. The molecule has 59 heavy (non-hydrogen) atoms. The van der Waals surface area contributed by atoms with E-state index < -0.39 is 5.41 Å². The lowest BCUT2D eigenvalue weighted by Gasteiger charge is -2.33. The topological polar surface area (TPSA) is 31.0 Å². The van der Waals surface area contributed by atoms with E-state index in [9.17, 15) is 0 Å². The average molecular weight is 755 g/mol. The predicted octanol–water partition coefficient (Wildman–Crippen LogP) is 14.4. The number of allylic oxidation sites excluding steroid dienone is 4. The van der Waals surface area contributed by atoms with Crippen LogP contribution in [0.1, 0.15) is 41.0 Å². The third-order valence-corrected chi connectivity index (χ3v) is 12.6. The Hall–Kier alpha value is -7.49. The van der Waals surface area contributed by atoms with Crippen LogP contribution < -0.4 is 0 Å². The van der Waals surface area contributed by atoms with Gasteiger partial charge in [-0.1, -0.05) is 164 Å². The van der Waals surface area contributed by atoms with Crippen molar-refractivity contribution in [1.82, 2.24) is 9.55 Å². The zero-order chi connectivity index (χ0) is 38.9. The van der Waals surface area contributed by atoms with E-state index in [1.54, 1.807) is 0 Å². The Morgan fingerprint density at radius 2 is 1.24 bits per heavy atom. The third-order valence-electron chi connectivity index (χ3n) is 12.6. The molecular weight excluding hydrogens is 717 g/mol. The van der Waals surface area contributed by atoms with Crippen LogP contribution in [-0.4, -0.2) is 9.55 Å². The Morgan fingerprint density at radius 3 is 2.08 bits per heavy atom. The molecule has 8 aromatic carbocycles. The van der Waals surface area contributed by atoms with Gasteiger partial charge in [-0.15, -0.1) is 0 Å². The van der Waals surface area contributed by atoms with Crippen molar-refractivity contribution in [2.45, 2.75) is 18.3 Å². The van der Waals surface area contributed by atoms with Gasteiger partial charge in [-0.3, -0.25) is 0 Å². The van der Waals surface area contributed by atoms with Crippen LogP contribution in [0.15, 0.2) is 211 Å². The minimum atomic E-state index is -0.580. The zero-order valence-corrected chi connectivity index (χ0v) is 32.3. The van der Waals surface area contributed by atoms with Crippen LogP contribution in [0.25, 0.3) is 77.5 Å². The first kappa shape index (κ1) is 33.6. The summed E-state index contributed by atoms with van der Waals surface area (Å²) < 4.78 is 8.98. The lowest BCUT2D eigenvalue weighted by molar-refractivity contribution is 0.579. The van der Waals surface area contributed by atoms with Gasteiger partial charge in [0.05, 0.1) is 16.4 Å². The fourth-order valence-corrected chi connectivity index (χ4v) is 9.97. The SMILES string of the molecule is C1=CCCC(c2nc3ccc(C4(c5ccccc5)c5ccccc5-c5c(-c6ccc7c(c6)c6ccccc6n7-c6ccc(-c7ccccc7)cc6)cccc54)cc3o2)=C1. The summed E-state index contributed by atoms with van der Waals surface area (Å²) in [6.45, 7) is 0. The van der Waals surface area contributed by atoms with E-state index in [1.807, 2.05) is 0 Å². The number of hydrogen-bond acceptors (Lipinski definition) is 2. The van der Waals surface area contributed by atoms with Crippen LogP contribution in [0, 0.1) is 0 Å². The minimum Gasteiger partial charge on any atom is -0.436 e. The molecule has 10 aromatic rings. The number of nitrogens with zero attached hydrogens (tertiary/aromatic N) is 2. The Morgan fingerprint density at radius 1 is 0.525 bits per heavy atom. The highest BCUT2D eigenvalue weighted by Crippen LogP contribution is 2.58. The van der Waals surface area contributed by atoms with Gasteiger partial charge in [0.25, 0.3) is 0 Å². The van der Waals surface area contributed by atoms with Crippen molar-refractivity contribution >= 4 is 38.5 Å². The predicted molar refractivity (Wildman–Crippen MR) is 243 cm³/mol. The maximum atomic E-state index is 6.58. The van der Waals surface area contributed by atoms with Crippen molar-refractivity contribution in [3.05, 3.63) is 234 Å². The highest BCUT2D eigenvalue weighted by molar-refractivity contribution is 6.11. The van der Waals surface area contributed by atoms with Crippen molar-refractivity contribution in [2.24, 2.45) is 0 Å². The summed E-state index contributed by atoms with van der Waals surface area (Å²) in [5.74, 6) is 0.714. The van der Waals surface area contributed by atoms with Crippen molar-refractivity contribution in [2.75, 3.05) is 0 Å². The summed E-state index contributed by atoms with van der Waals surface area (Å²) in [6.07, 6.45) is 8.36. The number of aromatic nitrogens is 2. The normalized spacial score (nSPS) is 15.8. The Labute approximate surface area is 342 Å². The highest BCUT2D eigenvalue weighted by atomic mass is 16.3. The first-order valence-electron chi connectivity index (χ1n) is 20.5. The Kier molecular flexibility index (Phi) is 7.58. The summed E-state index contributed by atoms with van der Waals surface area (Å²) in [5, 5.41) is 2.47. The van der Waals surface area contributed by atoms with E-state index >= 15 is 0 Å². The van der Waals surface area contributed by atoms with Gasteiger partial charge in [0.15, 0.2) is 5.58 Å². The maximum Gasteiger partial charge on any atom is 0.223 e. The van der Waals surface area contributed by atoms with Crippen LogP contribution >= 0.6 is 0 Å². The molecule has 1 atom stereocenters. The van der Waals surface area contributed by atoms with Gasteiger partial charge in [-0.2, -0.15) is 0 Å². The summed E-state index contributed by atoms with van der Waals surface area (Å²) in [7, 11) is 0. The number of rotatable bonds is 6. The highest BCUT2D eigenvalue weighted by Gasteiger charge is 2.47. The first-order chi connectivity index (χ1) is 29.3. The van der Waals surface area contributed by atoms with E-state index in [1.165, 1.54) is 71.9 Å².